The van der Waals surface area contributed by atoms with Crippen molar-refractivity contribution in [2.75, 3.05) is 12.4 Å². The van der Waals surface area contributed by atoms with E-state index in [4.69, 9.17) is 4.42 Å². The summed E-state index contributed by atoms with van der Waals surface area (Å²) in [5.41, 5.74) is 2.74. The van der Waals surface area contributed by atoms with Crippen LogP contribution in [0.1, 0.15) is 0 Å². The molecule has 118 valence electrons. The maximum Gasteiger partial charge on any atom is 0.344 e. The third-order valence-corrected chi connectivity index (χ3v) is 4.27. The third-order valence-electron chi connectivity index (χ3n) is 4.27. The van der Waals surface area contributed by atoms with Crippen molar-refractivity contribution in [3.63, 3.8) is 0 Å². The minimum atomic E-state index is -0.319. The third kappa shape index (κ3) is 2.42. The van der Waals surface area contributed by atoms with E-state index in [-0.39, 0.29) is 5.63 Å². The zero-order valence-corrected chi connectivity index (χ0v) is 13.5. The SMILES string of the molecule is CNc1ccc2cc3cc(-c4cc[n+](C)cc4)c(=O)oc3cc2c1. The zero-order valence-electron chi connectivity index (χ0n) is 13.5. The molecular formula is C20H17N2O2+. The van der Waals surface area contributed by atoms with E-state index < -0.39 is 0 Å². The van der Waals surface area contributed by atoms with E-state index in [1.165, 1.54) is 0 Å². The Hall–Kier alpha value is -3.14. The van der Waals surface area contributed by atoms with Crippen LogP contribution < -0.4 is 15.5 Å². The highest BCUT2D eigenvalue weighted by Crippen LogP contribution is 2.27. The molecule has 2 heterocycles. The van der Waals surface area contributed by atoms with Crippen molar-refractivity contribution in [2.45, 2.75) is 0 Å². The molecule has 4 rings (SSSR count). The van der Waals surface area contributed by atoms with Crippen molar-refractivity contribution in [3.8, 4) is 11.1 Å². The van der Waals surface area contributed by atoms with Gasteiger partial charge in [0.2, 0.25) is 0 Å². The predicted octanol–water partition coefficient (Wildman–Crippen LogP) is 3.48. The number of fused-ring (bicyclic) bond motifs is 2. The Morgan fingerprint density at radius 1 is 0.917 bits per heavy atom. The van der Waals surface area contributed by atoms with Gasteiger partial charge in [-0.15, -0.1) is 0 Å². The molecule has 0 fully saturated rings. The standard InChI is InChI=1S/C20H16N2O2/c1-21-17-4-3-14-9-16-11-18(13-5-7-22(2)8-6-13)20(23)24-19(16)12-15(14)10-17/h3-12H,1-2H3/p+1. The van der Waals surface area contributed by atoms with Crippen molar-refractivity contribution < 1.29 is 8.98 Å². The van der Waals surface area contributed by atoms with Crippen LogP contribution in [0.25, 0.3) is 32.9 Å². The molecule has 4 aromatic rings. The molecule has 0 bridgehead atoms. The fourth-order valence-corrected chi connectivity index (χ4v) is 2.90. The summed E-state index contributed by atoms with van der Waals surface area (Å²) in [4.78, 5) is 12.4. The largest absolute Gasteiger partial charge is 0.422 e. The lowest BCUT2D eigenvalue weighted by molar-refractivity contribution is -0.671. The Morgan fingerprint density at radius 2 is 1.71 bits per heavy atom. The van der Waals surface area contributed by atoms with Crippen LogP contribution in [-0.4, -0.2) is 7.05 Å². The topological polar surface area (TPSA) is 46.1 Å². The summed E-state index contributed by atoms with van der Waals surface area (Å²) in [6.45, 7) is 0. The van der Waals surface area contributed by atoms with Crippen LogP contribution in [0, 0.1) is 0 Å². The number of anilines is 1. The van der Waals surface area contributed by atoms with Crippen LogP contribution in [0.5, 0.6) is 0 Å². The molecule has 0 aliphatic rings. The lowest BCUT2D eigenvalue weighted by atomic mass is 10.0. The number of hydrogen-bond acceptors (Lipinski definition) is 3. The van der Waals surface area contributed by atoms with Crippen LogP contribution in [0.2, 0.25) is 0 Å². The van der Waals surface area contributed by atoms with Crippen LogP contribution in [0.15, 0.2) is 70.1 Å². The molecule has 0 spiro atoms. The second kappa shape index (κ2) is 5.49. The Kier molecular flexibility index (Phi) is 3.31. The van der Waals surface area contributed by atoms with Gasteiger partial charge in [-0.2, -0.15) is 0 Å². The average molecular weight is 317 g/mol. The van der Waals surface area contributed by atoms with Gasteiger partial charge in [0.05, 0.1) is 5.56 Å². The number of pyridine rings is 1. The number of benzene rings is 2. The number of aromatic nitrogens is 1. The van der Waals surface area contributed by atoms with Crippen molar-refractivity contribution >= 4 is 27.4 Å². The molecule has 0 unspecified atom stereocenters. The van der Waals surface area contributed by atoms with Gasteiger partial charge in [-0.05, 0) is 41.1 Å². The molecule has 2 aromatic carbocycles. The van der Waals surface area contributed by atoms with E-state index in [9.17, 15) is 4.79 Å². The molecule has 0 aliphatic carbocycles. The summed E-state index contributed by atoms with van der Waals surface area (Å²) in [5, 5.41) is 6.19. The fraction of sp³-hybridized carbons (Fsp3) is 0.100. The van der Waals surface area contributed by atoms with Gasteiger partial charge < -0.3 is 9.73 Å². The summed E-state index contributed by atoms with van der Waals surface area (Å²) in [5.74, 6) is 0. The Morgan fingerprint density at radius 3 is 2.46 bits per heavy atom. The Bertz CT molecular complexity index is 1110. The van der Waals surface area contributed by atoms with Gasteiger partial charge >= 0.3 is 5.63 Å². The first kappa shape index (κ1) is 14.5. The molecule has 0 amide bonds. The fourth-order valence-electron chi connectivity index (χ4n) is 2.90. The molecule has 2 aromatic heterocycles. The van der Waals surface area contributed by atoms with Crippen LogP contribution in [-0.2, 0) is 7.05 Å². The lowest BCUT2D eigenvalue weighted by Gasteiger charge is -2.06. The van der Waals surface area contributed by atoms with Gasteiger partial charge in [0.25, 0.3) is 0 Å². The number of nitrogens with one attached hydrogen (secondary N) is 1. The van der Waals surface area contributed by atoms with E-state index >= 15 is 0 Å². The van der Waals surface area contributed by atoms with E-state index in [1.54, 1.807) is 0 Å². The summed E-state index contributed by atoms with van der Waals surface area (Å²) >= 11 is 0. The van der Waals surface area contributed by atoms with Crippen LogP contribution in [0.3, 0.4) is 0 Å². The van der Waals surface area contributed by atoms with Gasteiger partial charge in [-0.1, -0.05) is 6.07 Å². The Balaban J connectivity index is 1.95. The maximum atomic E-state index is 12.4. The smallest absolute Gasteiger partial charge is 0.344 e. The molecule has 0 aliphatic heterocycles. The van der Waals surface area contributed by atoms with Crippen molar-refractivity contribution in [3.05, 3.63) is 71.3 Å². The highest BCUT2D eigenvalue weighted by molar-refractivity contribution is 5.98. The number of aryl methyl sites for hydroxylation is 1. The van der Waals surface area contributed by atoms with E-state index in [0.717, 1.165) is 27.4 Å². The maximum absolute atomic E-state index is 12.4. The predicted molar refractivity (Wildman–Crippen MR) is 96.1 cm³/mol. The molecular weight excluding hydrogens is 300 g/mol. The number of nitrogens with zero attached hydrogens (tertiary/aromatic N) is 1. The van der Waals surface area contributed by atoms with Crippen molar-refractivity contribution in [1.82, 2.24) is 0 Å². The van der Waals surface area contributed by atoms with Gasteiger partial charge in [-0.25, -0.2) is 9.36 Å². The Labute approximate surface area is 139 Å². The molecule has 0 radical (unpaired) electrons. The van der Waals surface area contributed by atoms with E-state index in [0.29, 0.717) is 11.1 Å². The second-order valence-electron chi connectivity index (χ2n) is 5.90. The normalized spacial score (nSPS) is 11.1. The first-order chi connectivity index (χ1) is 11.6. The lowest BCUT2D eigenvalue weighted by Crippen LogP contribution is -2.25. The van der Waals surface area contributed by atoms with Gasteiger partial charge in [0, 0.05) is 35.8 Å². The van der Waals surface area contributed by atoms with Gasteiger partial charge in [-0.3, -0.25) is 0 Å². The summed E-state index contributed by atoms with van der Waals surface area (Å²) < 4.78 is 7.51. The minimum Gasteiger partial charge on any atom is -0.422 e. The molecule has 0 atom stereocenters. The van der Waals surface area contributed by atoms with Crippen molar-refractivity contribution in [2.24, 2.45) is 7.05 Å². The number of rotatable bonds is 2. The highest BCUT2D eigenvalue weighted by Gasteiger charge is 2.10. The molecule has 0 saturated heterocycles. The van der Waals surface area contributed by atoms with Crippen molar-refractivity contribution in [1.29, 1.82) is 0 Å². The van der Waals surface area contributed by atoms with Crippen LogP contribution >= 0.6 is 0 Å². The summed E-state index contributed by atoms with van der Waals surface area (Å²) in [7, 11) is 3.83. The summed E-state index contributed by atoms with van der Waals surface area (Å²) in [6.07, 6.45) is 3.83. The zero-order chi connectivity index (χ0) is 16.7. The molecule has 1 N–H and O–H groups in total. The molecule has 4 nitrogen and oxygen atoms in total. The van der Waals surface area contributed by atoms with Gasteiger partial charge in [0.1, 0.15) is 12.6 Å². The monoisotopic (exact) mass is 317 g/mol. The molecule has 24 heavy (non-hydrogen) atoms. The average Bonchev–Trinajstić information content (AvgIpc) is 2.60. The molecule has 0 saturated carbocycles. The molecule has 4 heteroatoms. The minimum absolute atomic E-state index is 0.319. The van der Waals surface area contributed by atoms with Gasteiger partial charge in [0.15, 0.2) is 12.4 Å². The number of hydrogen-bond donors (Lipinski definition) is 1. The first-order valence-corrected chi connectivity index (χ1v) is 7.79. The van der Waals surface area contributed by atoms with E-state index in [2.05, 4.69) is 17.4 Å². The second-order valence-corrected chi connectivity index (χ2v) is 5.90. The highest BCUT2D eigenvalue weighted by atomic mass is 16.4. The van der Waals surface area contributed by atoms with Crippen LogP contribution in [0.4, 0.5) is 5.69 Å². The summed E-state index contributed by atoms with van der Waals surface area (Å²) in [6, 6.07) is 15.8. The van der Waals surface area contributed by atoms with E-state index in [1.807, 2.05) is 67.5 Å². The quantitative estimate of drug-likeness (QED) is 0.350. The first-order valence-electron chi connectivity index (χ1n) is 7.79.